The molecule has 0 aliphatic carbocycles. The Kier molecular flexibility index (Phi) is 5.90. The first kappa shape index (κ1) is 17.2. The van der Waals surface area contributed by atoms with Gasteiger partial charge in [-0.15, -0.1) is 6.58 Å². The molecule has 1 aliphatic rings. The van der Waals surface area contributed by atoms with Crippen molar-refractivity contribution in [1.82, 2.24) is 9.55 Å². The van der Waals surface area contributed by atoms with Gasteiger partial charge in [0.25, 0.3) is 5.56 Å². The minimum absolute atomic E-state index is 0.0998. The molecular formula is C15H19N3O5. The zero-order valence-corrected chi connectivity index (χ0v) is 12.5. The molecule has 0 bridgehead atoms. The van der Waals surface area contributed by atoms with E-state index in [1.54, 1.807) is 6.08 Å². The maximum atomic E-state index is 12.0. The van der Waals surface area contributed by atoms with Gasteiger partial charge < -0.3 is 20.3 Å². The zero-order valence-electron chi connectivity index (χ0n) is 12.5. The molecule has 1 fully saturated rings. The quantitative estimate of drug-likeness (QED) is 0.458. The Balaban J connectivity index is 2.29. The summed E-state index contributed by atoms with van der Waals surface area (Å²) in [5, 5.41) is 9.37. The van der Waals surface area contributed by atoms with E-state index in [0.717, 1.165) is 0 Å². The Morgan fingerprint density at radius 2 is 2.39 bits per heavy atom. The second-order valence-electron chi connectivity index (χ2n) is 4.92. The van der Waals surface area contributed by atoms with Crippen molar-refractivity contribution in [1.29, 1.82) is 0 Å². The number of hydrogen-bond acceptors (Lipinski definition) is 6. The lowest BCUT2D eigenvalue weighted by Gasteiger charge is -2.15. The van der Waals surface area contributed by atoms with Crippen molar-refractivity contribution >= 4 is 0 Å². The fourth-order valence-corrected chi connectivity index (χ4v) is 2.34. The van der Waals surface area contributed by atoms with E-state index in [2.05, 4.69) is 23.4 Å². The predicted octanol–water partition coefficient (Wildman–Crippen LogP) is -1.30. The fraction of sp³-hybridized carbons (Fsp3) is 0.467. The van der Waals surface area contributed by atoms with Crippen LogP contribution in [0.3, 0.4) is 0 Å². The standard InChI is InChI=1S/C15H19N3O5/c1-2-6-22-11-7-13(23-12(11)9-19)18-8-10(4-3-5-16)14(20)17-15(18)21/h2,8,11-13,19H,1,5-7,9,16H2,(H,17,20,21)/t11-,12-,13-/m1/s1. The molecule has 0 unspecified atom stereocenters. The van der Waals surface area contributed by atoms with E-state index in [4.69, 9.17) is 15.2 Å². The molecule has 0 amide bonds. The molecule has 3 atom stereocenters. The number of nitrogens with two attached hydrogens (primary N) is 1. The summed E-state index contributed by atoms with van der Waals surface area (Å²) in [5.41, 5.74) is 4.21. The van der Waals surface area contributed by atoms with Crippen molar-refractivity contribution in [2.75, 3.05) is 19.8 Å². The van der Waals surface area contributed by atoms with Crippen LogP contribution in [0.2, 0.25) is 0 Å². The van der Waals surface area contributed by atoms with Gasteiger partial charge in [-0.1, -0.05) is 17.9 Å². The minimum Gasteiger partial charge on any atom is -0.394 e. The third-order valence-corrected chi connectivity index (χ3v) is 3.39. The van der Waals surface area contributed by atoms with E-state index in [0.29, 0.717) is 13.0 Å². The number of aromatic amines is 1. The molecule has 1 aromatic heterocycles. The van der Waals surface area contributed by atoms with E-state index in [1.165, 1.54) is 10.8 Å². The van der Waals surface area contributed by atoms with Crippen LogP contribution in [-0.4, -0.2) is 46.6 Å². The second-order valence-corrected chi connectivity index (χ2v) is 4.92. The Hall–Kier alpha value is -2.18. The second kappa shape index (κ2) is 7.89. The summed E-state index contributed by atoms with van der Waals surface area (Å²) in [4.78, 5) is 25.9. The van der Waals surface area contributed by atoms with Crippen LogP contribution in [0, 0.1) is 11.8 Å². The van der Waals surface area contributed by atoms with Gasteiger partial charge in [0.15, 0.2) is 0 Å². The molecule has 2 heterocycles. The van der Waals surface area contributed by atoms with Crippen LogP contribution < -0.4 is 17.0 Å². The lowest BCUT2D eigenvalue weighted by atomic mass is 10.2. The monoisotopic (exact) mass is 321 g/mol. The molecule has 0 spiro atoms. The summed E-state index contributed by atoms with van der Waals surface area (Å²) in [6.45, 7) is 3.74. The van der Waals surface area contributed by atoms with Crippen LogP contribution >= 0.6 is 0 Å². The molecule has 8 nitrogen and oxygen atoms in total. The molecule has 124 valence electrons. The number of aliphatic hydroxyl groups is 1. The molecule has 4 N–H and O–H groups in total. The van der Waals surface area contributed by atoms with Gasteiger partial charge in [-0.25, -0.2) is 4.79 Å². The van der Waals surface area contributed by atoms with Crippen LogP contribution in [0.15, 0.2) is 28.4 Å². The third kappa shape index (κ3) is 3.97. The topological polar surface area (TPSA) is 120 Å². The number of hydrogen-bond donors (Lipinski definition) is 3. The molecule has 23 heavy (non-hydrogen) atoms. The maximum Gasteiger partial charge on any atom is 0.330 e. The highest BCUT2D eigenvalue weighted by molar-refractivity contribution is 5.29. The summed E-state index contributed by atoms with van der Waals surface area (Å²) < 4.78 is 12.4. The summed E-state index contributed by atoms with van der Waals surface area (Å²) in [7, 11) is 0. The summed E-state index contributed by atoms with van der Waals surface area (Å²) in [6, 6.07) is 0. The SMILES string of the molecule is C=CCO[C@@H]1C[C@H](n2cc(C#CCN)c(=O)[nH]c2=O)O[C@@H]1CO. The van der Waals surface area contributed by atoms with Crippen molar-refractivity contribution in [3.63, 3.8) is 0 Å². The first-order chi connectivity index (χ1) is 11.1. The zero-order chi connectivity index (χ0) is 16.8. The molecule has 0 aromatic carbocycles. The molecule has 0 saturated carbocycles. The Labute approximate surface area is 132 Å². The first-order valence-corrected chi connectivity index (χ1v) is 7.14. The lowest BCUT2D eigenvalue weighted by Crippen LogP contribution is -2.33. The van der Waals surface area contributed by atoms with Crippen molar-refractivity contribution < 1.29 is 14.6 Å². The molecule has 2 rings (SSSR count). The number of H-pyrrole nitrogens is 1. The highest BCUT2D eigenvalue weighted by Crippen LogP contribution is 2.29. The number of rotatable bonds is 5. The average Bonchev–Trinajstić information content (AvgIpc) is 2.95. The van der Waals surface area contributed by atoms with Crippen molar-refractivity contribution in [2.45, 2.75) is 24.9 Å². The lowest BCUT2D eigenvalue weighted by molar-refractivity contribution is -0.0582. The number of ether oxygens (including phenoxy) is 2. The van der Waals surface area contributed by atoms with Crippen LogP contribution in [0.25, 0.3) is 0 Å². The van der Waals surface area contributed by atoms with Gasteiger partial charge in [-0.2, -0.15) is 0 Å². The van der Waals surface area contributed by atoms with E-state index in [9.17, 15) is 14.7 Å². The van der Waals surface area contributed by atoms with E-state index in [1.807, 2.05) is 0 Å². The summed E-state index contributed by atoms with van der Waals surface area (Å²) >= 11 is 0. The molecule has 8 heteroatoms. The predicted molar refractivity (Wildman–Crippen MR) is 82.8 cm³/mol. The van der Waals surface area contributed by atoms with Gasteiger partial charge in [-0.3, -0.25) is 14.3 Å². The number of nitrogens with one attached hydrogen (secondary N) is 1. The highest BCUT2D eigenvalue weighted by Gasteiger charge is 2.37. The third-order valence-electron chi connectivity index (χ3n) is 3.39. The first-order valence-electron chi connectivity index (χ1n) is 7.14. The molecular weight excluding hydrogens is 302 g/mol. The fourth-order valence-electron chi connectivity index (χ4n) is 2.34. The van der Waals surface area contributed by atoms with Gasteiger partial charge in [0, 0.05) is 12.6 Å². The Bertz CT molecular complexity index is 727. The summed E-state index contributed by atoms with van der Waals surface area (Å²) in [6.07, 6.45) is 1.68. The Morgan fingerprint density at radius 1 is 1.61 bits per heavy atom. The average molecular weight is 321 g/mol. The number of aliphatic hydroxyl groups excluding tert-OH is 1. The van der Waals surface area contributed by atoms with Crippen molar-refractivity contribution in [2.24, 2.45) is 5.73 Å². The van der Waals surface area contributed by atoms with Crippen molar-refractivity contribution in [3.8, 4) is 11.8 Å². The molecule has 1 saturated heterocycles. The molecule has 1 aromatic rings. The van der Waals surface area contributed by atoms with Gasteiger partial charge in [0.05, 0.1) is 25.9 Å². The van der Waals surface area contributed by atoms with Gasteiger partial charge in [0.2, 0.25) is 0 Å². The Morgan fingerprint density at radius 3 is 3.04 bits per heavy atom. The number of nitrogens with zero attached hydrogens (tertiary/aromatic N) is 1. The van der Waals surface area contributed by atoms with E-state index < -0.39 is 23.6 Å². The van der Waals surface area contributed by atoms with Crippen LogP contribution in [0.4, 0.5) is 0 Å². The summed E-state index contributed by atoms with van der Waals surface area (Å²) in [5.74, 6) is 5.17. The maximum absolute atomic E-state index is 12.0. The van der Waals surface area contributed by atoms with Crippen molar-refractivity contribution in [3.05, 3.63) is 45.3 Å². The normalized spacial score (nSPS) is 23.3. The smallest absolute Gasteiger partial charge is 0.330 e. The van der Waals surface area contributed by atoms with Crippen LogP contribution in [-0.2, 0) is 9.47 Å². The van der Waals surface area contributed by atoms with Gasteiger partial charge in [-0.05, 0) is 0 Å². The highest BCUT2D eigenvalue weighted by atomic mass is 16.6. The largest absolute Gasteiger partial charge is 0.394 e. The molecule has 0 radical (unpaired) electrons. The van der Waals surface area contributed by atoms with E-state index >= 15 is 0 Å². The van der Waals surface area contributed by atoms with Gasteiger partial charge in [0.1, 0.15) is 17.9 Å². The number of aromatic nitrogens is 2. The van der Waals surface area contributed by atoms with Crippen LogP contribution in [0.1, 0.15) is 18.2 Å². The van der Waals surface area contributed by atoms with E-state index in [-0.39, 0.29) is 24.8 Å². The van der Waals surface area contributed by atoms with Crippen LogP contribution in [0.5, 0.6) is 0 Å². The van der Waals surface area contributed by atoms with Gasteiger partial charge >= 0.3 is 5.69 Å². The minimum atomic E-state index is -0.662. The molecule has 1 aliphatic heterocycles.